The van der Waals surface area contributed by atoms with Crippen LogP contribution in [0.25, 0.3) is 0 Å². The smallest absolute Gasteiger partial charge is 0.113 e. The van der Waals surface area contributed by atoms with E-state index in [4.69, 9.17) is 0 Å². The first-order valence-electron chi connectivity index (χ1n) is 7.84. The first-order chi connectivity index (χ1) is 9.97. The van der Waals surface area contributed by atoms with Crippen molar-refractivity contribution in [3.8, 4) is 0 Å². The lowest BCUT2D eigenvalue weighted by molar-refractivity contribution is 0.221. The molecule has 1 nitrogen and oxygen atoms in total. The summed E-state index contributed by atoms with van der Waals surface area (Å²) in [5.74, 6) is 0.651. The number of benzene rings is 1. The molecule has 112 valence electrons. The fourth-order valence-corrected chi connectivity index (χ4v) is 3.98. The molecular formula is C19H24OS. The summed E-state index contributed by atoms with van der Waals surface area (Å²) in [5.41, 5.74) is 2.60. The predicted molar refractivity (Wildman–Crippen MR) is 90.1 cm³/mol. The maximum Gasteiger partial charge on any atom is 0.113 e. The van der Waals surface area contributed by atoms with Gasteiger partial charge < -0.3 is 5.11 Å². The lowest BCUT2D eigenvalue weighted by Crippen LogP contribution is -2.13. The van der Waals surface area contributed by atoms with Gasteiger partial charge in [0.15, 0.2) is 0 Å². The van der Waals surface area contributed by atoms with Gasteiger partial charge in [0, 0.05) is 9.75 Å². The molecule has 1 aliphatic rings. The standard InChI is InChI=1S/C19H24OS/c1-19(2,3)17-12-11-16(21-17)18(20)15-10-5-4-9-14(15)13-7-6-8-13/h4-5,9-13,18,20H,6-8H2,1-3H3. The van der Waals surface area contributed by atoms with E-state index in [0.29, 0.717) is 5.92 Å². The fraction of sp³-hybridized carbons (Fsp3) is 0.474. The molecule has 0 radical (unpaired) electrons. The van der Waals surface area contributed by atoms with Gasteiger partial charge in [-0.15, -0.1) is 11.3 Å². The molecule has 1 fully saturated rings. The number of hydrogen-bond acceptors (Lipinski definition) is 2. The van der Waals surface area contributed by atoms with Crippen molar-refractivity contribution < 1.29 is 5.11 Å². The van der Waals surface area contributed by atoms with Crippen LogP contribution in [0.3, 0.4) is 0 Å². The van der Waals surface area contributed by atoms with E-state index in [1.165, 1.54) is 29.7 Å². The molecule has 0 aliphatic heterocycles. The molecular weight excluding hydrogens is 276 g/mol. The van der Waals surface area contributed by atoms with Crippen molar-refractivity contribution >= 4 is 11.3 Å². The van der Waals surface area contributed by atoms with Crippen LogP contribution in [0.5, 0.6) is 0 Å². The maximum absolute atomic E-state index is 10.8. The van der Waals surface area contributed by atoms with Crippen LogP contribution in [0.4, 0.5) is 0 Å². The zero-order valence-electron chi connectivity index (χ0n) is 13.1. The highest BCUT2D eigenvalue weighted by atomic mass is 32.1. The van der Waals surface area contributed by atoms with E-state index in [0.717, 1.165) is 10.4 Å². The molecule has 3 rings (SSSR count). The van der Waals surface area contributed by atoms with Crippen molar-refractivity contribution in [2.24, 2.45) is 0 Å². The van der Waals surface area contributed by atoms with Gasteiger partial charge in [0.1, 0.15) is 6.10 Å². The maximum atomic E-state index is 10.8. The highest BCUT2D eigenvalue weighted by Gasteiger charge is 2.26. The van der Waals surface area contributed by atoms with E-state index in [1.807, 2.05) is 6.07 Å². The van der Waals surface area contributed by atoms with Crippen LogP contribution < -0.4 is 0 Å². The summed E-state index contributed by atoms with van der Waals surface area (Å²) in [6.45, 7) is 6.66. The summed E-state index contributed by atoms with van der Waals surface area (Å²) in [6.07, 6.45) is 3.37. The molecule has 1 aromatic heterocycles. The van der Waals surface area contributed by atoms with E-state index in [9.17, 15) is 5.11 Å². The van der Waals surface area contributed by atoms with Gasteiger partial charge in [-0.1, -0.05) is 51.5 Å². The molecule has 1 N–H and O–H groups in total. The zero-order valence-corrected chi connectivity index (χ0v) is 13.9. The predicted octanol–water partition coefficient (Wildman–Crippen LogP) is 5.39. The number of aliphatic hydroxyl groups excluding tert-OH is 1. The van der Waals surface area contributed by atoms with Crippen molar-refractivity contribution in [2.75, 3.05) is 0 Å². The Hall–Kier alpha value is -1.12. The van der Waals surface area contributed by atoms with Gasteiger partial charge >= 0.3 is 0 Å². The molecule has 1 unspecified atom stereocenters. The third-order valence-corrected chi connectivity index (χ3v) is 6.03. The minimum Gasteiger partial charge on any atom is -0.383 e. The van der Waals surface area contributed by atoms with Crippen LogP contribution in [0.1, 0.15) is 72.9 Å². The first kappa shape index (κ1) is 14.8. The van der Waals surface area contributed by atoms with Crippen molar-refractivity contribution in [3.63, 3.8) is 0 Å². The molecule has 0 bridgehead atoms. The van der Waals surface area contributed by atoms with Crippen molar-refractivity contribution in [1.82, 2.24) is 0 Å². The summed E-state index contributed by atoms with van der Waals surface area (Å²) in [7, 11) is 0. The quantitative estimate of drug-likeness (QED) is 0.805. The van der Waals surface area contributed by atoms with E-state index in [1.54, 1.807) is 11.3 Å². The second kappa shape index (κ2) is 5.58. The lowest BCUT2D eigenvalue weighted by Gasteiger charge is -2.29. The molecule has 0 saturated heterocycles. The first-order valence-corrected chi connectivity index (χ1v) is 8.65. The molecule has 2 aromatic rings. The van der Waals surface area contributed by atoms with Crippen molar-refractivity contribution in [1.29, 1.82) is 0 Å². The highest BCUT2D eigenvalue weighted by molar-refractivity contribution is 7.12. The van der Waals surface area contributed by atoms with Gasteiger partial charge in [0.25, 0.3) is 0 Å². The van der Waals surface area contributed by atoms with Gasteiger partial charge in [0.05, 0.1) is 0 Å². The topological polar surface area (TPSA) is 20.2 Å². The van der Waals surface area contributed by atoms with E-state index in [-0.39, 0.29) is 5.41 Å². The normalized spacial score (nSPS) is 17.5. The summed E-state index contributed by atoms with van der Waals surface area (Å²) < 4.78 is 0. The van der Waals surface area contributed by atoms with Crippen LogP contribution in [-0.2, 0) is 5.41 Å². The van der Waals surface area contributed by atoms with E-state index < -0.39 is 6.10 Å². The Balaban J connectivity index is 1.91. The van der Waals surface area contributed by atoms with Crippen LogP contribution in [0.2, 0.25) is 0 Å². The van der Waals surface area contributed by atoms with E-state index in [2.05, 4.69) is 51.1 Å². The molecule has 1 heterocycles. The molecule has 0 amide bonds. The Bertz CT molecular complexity index is 616. The van der Waals surface area contributed by atoms with Crippen LogP contribution >= 0.6 is 11.3 Å². The van der Waals surface area contributed by atoms with Gasteiger partial charge in [-0.25, -0.2) is 0 Å². The average Bonchev–Trinajstić information content (AvgIpc) is 2.86. The van der Waals surface area contributed by atoms with Crippen LogP contribution in [-0.4, -0.2) is 5.11 Å². The molecule has 0 spiro atoms. The molecule has 2 heteroatoms. The minimum absolute atomic E-state index is 0.149. The summed E-state index contributed by atoms with van der Waals surface area (Å²) in [4.78, 5) is 2.39. The average molecular weight is 300 g/mol. The molecule has 1 aromatic carbocycles. The van der Waals surface area contributed by atoms with Crippen LogP contribution in [0, 0.1) is 0 Å². The minimum atomic E-state index is -0.483. The van der Waals surface area contributed by atoms with Crippen molar-refractivity contribution in [3.05, 3.63) is 57.3 Å². The fourth-order valence-electron chi connectivity index (χ4n) is 2.91. The van der Waals surface area contributed by atoms with Gasteiger partial charge in [-0.05, 0) is 47.4 Å². The summed E-state index contributed by atoms with van der Waals surface area (Å²) >= 11 is 1.74. The Morgan fingerprint density at radius 1 is 1.10 bits per heavy atom. The Kier molecular flexibility index (Phi) is 3.94. The molecule has 1 atom stereocenters. The number of aliphatic hydroxyl groups is 1. The SMILES string of the molecule is CC(C)(C)c1ccc(C(O)c2ccccc2C2CCC2)s1. The number of rotatable bonds is 3. The van der Waals surface area contributed by atoms with Gasteiger partial charge in [-0.2, -0.15) is 0 Å². The highest BCUT2D eigenvalue weighted by Crippen LogP contribution is 2.42. The zero-order chi connectivity index (χ0) is 15.0. The van der Waals surface area contributed by atoms with Crippen molar-refractivity contribution in [2.45, 2.75) is 57.5 Å². The van der Waals surface area contributed by atoms with Gasteiger partial charge in [0.2, 0.25) is 0 Å². The Labute approximate surface area is 131 Å². The summed E-state index contributed by atoms with van der Waals surface area (Å²) in [5, 5.41) is 10.8. The third kappa shape index (κ3) is 2.93. The Morgan fingerprint density at radius 2 is 1.81 bits per heavy atom. The second-order valence-electron chi connectivity index (χ2n) is 7.11. The Morgan fingerprint density at radius 3 is 2.38 bits per heavy atom. The summed E-state index contributed by atoms with van der Waals surface area (Å²) in [6, 6.07) is 12.7. The largest absolute Gasteiger partial charge is 0.383 e. The lowest BCUT2D eigenvalue weighted by atomic mass is 9.77. The van der Waals surface area contributed by atoms with E-state index >= 15 is 0 Å². The number of hydrogen-bond donors (Lipinski definition) is 1. The monoisotopic (exact) mass is 300 g/mol. The van der Waals surface area contributed by atoms with Crippen LogP contribution in [0.15, 0.2) is 36.4 Å². The molecule has 21 heavy (non-hydrogen) atoms. The second-order valence-corrected chi connectivity index (χ2v) is 8.23. The number of thiophene rings is 1. The molecule has 1 aliphatic carbocycles. The van der Waals surface area contributed by atoms with Gasteiger partial charge in [-0.3, -0.25) is 0 Å². The molecule has 1 saturated carbocycles. The third-order valence-electron chi connectivity index (χ3n) is 4.47.